The normalized spacial score (nSPS) is 10.5. The number of rotatable bonds is 7. The Hall–Kier alpha value is -2.73. The van der Waals surface area contributed by atoms with Crippen LogP contribution in [0.4, 0.5) is 17.1 Å². The van der Waals surface area contributed by atoms with Crippen molar-refractivity contribution in [1.29, 1.82) is 0 Å². The number of aryl methyl sites for hydroxylation is 2. The van der Waals surface area contributed by atoms with Gasteiger partial charge in [0.1, 0.15) is 5.76 Å². The van der Waals surface area contributed by atoms with Gasteiger partial charge in [-0.15, -0.1) is 11.8 Å². The number of hydrogen-bond acceptors (Lipinski definition) is 5. The lowest BCUT2D eigenvalue weighted by Crippen LogP contribution is -2.14. The van der Waals surface area contributed by atoms with Gasteiger partial charge >= 0.3 is 0 Å². The first-order valence-corrected chi connectivity index (χ1v) is 9.49. The van der Waals surface area contributed by atoms with Crippen LogP contribution in [0.25, 0.3) is 0 Å². The zero-order chi connectivity index (χ0) is 18.4. The molecule has 3 aromatic rings. The standard InChI is InChI=1S/C20H21N3O2S/c1-14-19(15(2)25-23-14)12-26-13-20(24)22-18-10-8-17(9-11-18)21-16-6-4-3-5-7-16/h3-11,21H,12-13H2,1-2H3,(H,22,24). The highest BCUT2D eigenvalue weighted by molar-refractivity contribution is 7.99. The van der Waals surface area contributed by atoms with Gasteiger partial charge in [-0.05, 0) is 50.2 Å². The molecule has 0 fully saturated rings. The van der Waals surface area contributed by atoms with Gasteiger partial charge in [0.25, 0.3) is 0 Å². The Morgan fingerprint density at radius 3 is 2.31 bits per heavy atom. The zero-order valence-electron chi connectivity index (χ0n) is 14.8. The number of carbonyl (C=O) groups is 1. The van der Waals surface area contributed by atoms with Gasteiger partial charge in [-0.1, -0.05) is 23.4 Å². The third-order valence-corrected chi connectivity index (χ3v) is 4.85. The van der Waals surface area contributed by atoms with Crippen molar-refractivity contribution in [3.63, 3.8) is 0 Å². The third-order valence-electron chi connectivity index (χ3n) is 3.89. The topological polar surface area (TPSA) is 67.2 Å². The molecule has 134 valence electrons. The average Bonchev–Trinajstić information content (AvgIpc) is 2.96. The Morgan fingerprint density at radius 1 is 1.00 bits per heavy atom. The van der Waals surface area contributed by atoms with E-state index in [9.17, 15) is 4.79 Å². The Morgan fingerprint density at radius 2 is 1.65 bits per heavy atom. The molecular weight excluding hydrogens is 346 g/mol. The molecule has 2 aromatic carbocycles. The summed E-state index contributed by atoms with van der Waals surface area (Å²) in [6.07, 6.45) is 0. The predicted molar refractivity (Wildman–Crippen MR) is 107 cm³/mol. The summed E-state index contributed by atoms with van der Waals surface area (Å²) in [5.74, 6) is 1.89. The number of nitrogens with one attached hydrogen (secondary N) is 2. The first kappa shape index (κ1) is 18.1. The van der Waals surface area contributed by atoms with E-state index in [1.807, 2.05) is 68.4 Å². The van der Waals surface area contributed by atoms with Crippen LogP contribution in [-0.4, -0.2) is 16.8 Å². The van der Waals surface area contributed by atoms with E-state index in [-0.39, 0.29) is 5.91 Å². The van der Waals surface area contributed by atoms with E-state index in [1.165, 1.54) is 0 Å². The van der Waals surface area contributed by atoms with Crippen molar-refractivity contribution in [2.45, 2.75) is 19.6 Å². The molecule has 0 radical (unpaired) electrons. The minimum atomic E-state index is -0.0227. The highest BCUT2D eigenvalue weighted by atomic mass is 32.2. The maximum Gasteiger partial charge on any atom is 0.234 e. The van der Waals surface area contributed by atoms with E-state index in [2.05, 4.69) is 15.8 Å². The van der Waals surface area contributed by atoms with Crippen molar-refractivity contribution in [1.82, 2.24) is 5.16 Å². The van der Waals surface area contributed by atoms with Gasteiger partial charge < -0.3 is 15.2 Å². The lowest BCUT2D eigenvalue weighted by Gasteiger charge is -2.08. The molecule has 3 rings (SSSR count). The number of nitrogens with zero attached hydrogens (tertiary/aromatic N) is 1. The number of amides is 1. The molecule has 0 aliphatic rings. The number of aromatic nitrogens is 1. The van der Waals surface area contributed by atoms with Crippen LogP contribution in [0.2, 0.25) is 0 Å². The molecule has 1 amide bonds. The minimum Gasteiger partial charge on any atom is -0.361 e. The molecule has 0 unspecified atom stereocenters. The summed E-state index contributed by atoms with van der Waals surface area (Å²) in [5, 5.41) is 10.2. The van der Waals surface area contributed by atoms with E-state index in [0.29, 0.717) is 11.5 Å². The molecule has 5 nitrogen and oxygen atoms in total. The lowest BCUT2D eigenvalue weighted by molar-refractivity contribution is -0.113. The molecule has 0 saturated heterocycles. The van der Waals surface area contributed by atoms with Gasteiger partial charge in [-0.25, -0.2) is 0 Å². The monoisotopic (exact) mass is 367 g/mol. The fourth-order valence-electron chi connectivity index (χ4n) is 2.48. The van der Waals surface area contributed by atoms with Gasteiger partial charge in [0.15, 0.2) is 0 Å². The van der Waals surface area contributed by atoms with Gasteiger partial charge in [-0.2, -0.15) is 0 Å². The number of hydrogen-bond donors (Lipinski definition) is 2. The van der Waals surface area contributed by atoms with E-state index >= 15 is 0 Å². The zero-order valence-corrected chi connectivity index (χ0v) is 15.6. The second-order valence-corrected chi connectivity index (χ2v) is 6.90. The number of anilines is 3. The largest absolute Gasteiger partial charge is 0.361 e. The van der Waals surface area contributed by atoms with Gasteiger partial charge in [0.05, 0.1) is 11.4 Å². The van der Waals surface area contributed by atoms with E-state index in [4.69, 9.17) is 4.52 Å². The van der Waals surface area contributed by atoms with Crippen LogP contribution >= 0.6 is 11.8 Å². The van der Waals surface area contributed by atoms with Gasteiger partial charge in [0.2, 0.25) is 5.91 Å². The van der Waals surface area contributed by atoms with Crippen LogP contribution in [-0.2, 0) is 10.5 Å². The molecule has 26 heavy (non-hydrogen) atoms. The van der Waals surface area contributed by atoms with Crippen LogP contribution < -0.4 is 10.6 Å². The summed E-state index contributed by atoms with van der Waals surface area (Å²) in [6.45, 7) is 3.80. The van der Waals surface area contributed by atoms with E-state index in [1.54, 1.807) is 11.8 Å². The van der Waals surface area contributed by atoms with E-state index < -0.39 is 0 Å². The second-order valence-electron chi connectivity index (χ2n) is 5.91. The van der Waals surface area contributed by atoms with E-state index in [0.717, 1.165) is 34.1 Å². The average molecular weight is 367 g/mol. The van der Waals surface area contributed by atoms with Crippen LogP contribution in [0, 0.1) is 13.8 Å². The Labute approximate surface area is 157 Å². The number of carbonyl (C=O) groups excluding carboxylic acids is 1. The fraction of sp³-hybridized carbons (Fsp3) is 0.200. The van der Waals surface area contributed by atoms with Crippen molar-refractivity contribution < 1.29 is 9.32 Å². The van der Waals surface area contributed by atoms with Crippen LogP contribution in [0.5, 0.6) is 0 Å². The van der Waals surface area contributed by atoms with Crippen molar-refractivity contribution in [2.24, 2.45) is 0 Å². The summed E-state index contributed by atoms with van der Waals surface area (Å²) in [5.41, 5.74) is 4.74. The molecule has 0 aliphatic carbocycles. The molecule has 6 heteroatoms. The van der Waals surface area contributed by atoms with Gasteiger partial charge in [-0.3, -0.25) is 4.79 Å². The molecule has 0 aliphatic heterocycles. The van der Waals surface area contributed by atoms with Crippen molar-refractivity contribution in [3.8, 4) is 0 Å². The van der Waals surface area contributed by atoms with Gasteiger partial charge in [0, 0.05) is 28.4 Å². The smallest absolute Gasteiger partial charge is 0.234 e. The first-order valence-electron chi connectivity index (χ1n) is 8.33. The Balaban J connectivity index is 1.47. The highest BCUT2D eigenvalue weighted by Crippen LogP contribution is 2.21. The molecular formula is C20H21N3O2S. The maximum atomic E-state index is 12.1. The number of thioether (sulfide) groups is 1. The fourth-order valence-corrected chi connectivity index (χ4v) is 3.45. The summed E-state index contributed by atoms with van der Waals surface area (Å²) < 4.78 is 5.13. The first-order chi connectivity index (χ1) is 12.6. The lowest BCUT2D eigenvalue weighted by atomic mass is 10.2. The van der Waals surface area contributed by atoms with Crippen molar-refractivity contribution >= 4 is 34.7 Å². The molecule has 0 atom stereocenters. The number of para-hydroxylation sites is 1. The molecule has 1 aromatic heterocycles. The molecule has 0 saturated carbocycles. The minimum absolute atomic E-state index is 0.0227. The summed E-state index contributed by atoms with van der Waals surface area (Å²) >= 11 is 1.55. The van der Waals surface area contributed by atoms with Crippen molar-refractivity contribution in [2.75, 3.05) is 16.4 Å². The molecule has 2 N–H and O–H groups in total. The Bertz CT molecular complexity index is 841. The predicted octanol–water partition coefficient (Wildman–Crippen LogP) is 4.91. The number of benzene rings is 2. The highest BCUT2D eigenvalue weighted by Gasteiger charge is 2.10. The quantitative estimate of drug-likeness (QED) is 0.621. The third kappa shape index (κ3) is 4.89. The van der Waals surface area contributed by atoms with Crippen LogP contribution in [0.1, 0.15) is 17.0 Å². The second kappa shape index (κ2) is 8.58. The summed E-state index contributed by atoms with van der Waals surface area (Å²) in [6, 6.07) is 17.6. The Kier molecular flexibility index (Phi) is 5.96. The van der Waals surface area contributed by atoms with Crippen LogP contribution in [0.15, 0.2) is 59.1 Å². The maximum absolute atomic E-state index is 12.1. The summed E-state index contributed by atoms with van der Waals surface area (Å²) in [4.78, 5) is 12.1. The molecule has 1 heterocycles. The summed E-state index contributed by atoms with van der Waals surface area (Å²) in [7, 11) is 0. The van der Waals surface area contributed by atoms with Crippen molar-refractivity contribution in [3.05, 3.63) is 71.6 Å². The SMILES string of the molecule is Cc1noc(C)c1CSCC(=O)Nc1ccc(Nc2ccccc2)cc1. The molecule has 0 spiro atoms. The molecule has 0 bridgehead atoms. The van der Waals surface area contributed by atoms with Crippen LogP contribution in [0.3, 0.4) is 0 Å².